The number of imidazole rings is 1. The van der Waals surface area contributed by atoms with Gasteiger partial charge in [-0.15, -0.1) is 0 Å². The van der Waals surface area contributed by atoms with Gasteiger partial charge in [0.15, 0.2) is 11.3 Å². The molecule has 0 aliphatic heterocycles. The minimum absolute atomic E-state index is 0.0372. The molecule has 0 N–H and O–H groups in total. The summed E-state index contributed by atoms with van der Waals surface area (Å²) in [6, 6.07) is 3.08. The lowest BCUT2D eigenvalue weighted by Gasteiger charge is -2.34. The van der Waals surface area contributed by atoms with E-state index >= 15 is 0 Å². The molecule has 0 spiro atoms. The van der Waals surface area contributed by atoms with Gasteiger partial charge in [0.1, 0.15) is 0 Å². The van der Waals surface area contributed by atoms with Gasteiger partial charge < -0.3 is 9.14 Å². The van der Waals surface area contributed by atoms with E-state index in [1.807, 2.05) is 0 Å². The highest BCUT2D eigenvalue weighted by Crippen LogP contribution is 2.33. The topological polar surface area (TPSA) is 46.8 Å². The maximum atomic E-state index is 12.8. The summed E-state index contributed by atoms with van der Waals surface area (Å²) in [6.07, 6.45) is -2.89. The third kappa shape index (κ3) is 2.86. The predicted octanol–water partition coefficient (Wildman–Crippen LogP) is 3.72. The van der Waals surface area contributed by atoms with Gasteiger partial charge in [0, 0.05) is 17.9 Å². The first kappa shape index (κ1) is 16.1. The zero-order valence-corrected chi connectivity index (χ0v) is 12.6. The Morgan fingerprint density at radius 2 is 1.95 bits per heavy atom. The molecule has 0 aliphatic carbocycles. The number of carbonyl (C=O) groups excluding carboxylic acids is 1. The van der Waals surface area contributed by atoms with Crippen LogP contribution in [0.2, 0.25) is 0 Å². The lowest BCUT2D eigenvalue weighted by molar-refractivity contribution is -0.140. The maximum Gasteiger partial charge on any atom is 0.434 e. The summed E-state index contributed by atoms with van der Waals surface area (Å²) in [5, 5.41) is 0. The molecule has 2 aromatic rings. The van der Waals surface area contributed by atoms with Gasteiger partial charge in [-0.25, -0.2) is 9.78 Å². The zero-order chi connectivity index (χ0) is 16.7. The van der Waals surface area contributed by atoms with Gasteiger partial charge in [0.05, 0.1) is 12.8 Å². The molecule has 8 heteroatoms. The summed E-state index contributed by atoms with van der Waals surface area (Å²) in [5.41, 5.74) is -1.43. The van der Waals surface area contributed by atoms with Crippen LogP contribution in [-0.4, -0.2) is 28.1 Å². The summed E-state index contributed by atoms with van der Waals surface area (Å²) in [4.78, 5) is 16.9. The fraction of sp³-hybridized carbons (Fsp3) is 0.429. The Kier molecular flexibility index (Phi) is 3.80. The monoisotopic (exact) mass is 315 g/mol. The van der Waals surface area contributed by atoms with Gasteiger partial charge >= 0.3 is 12.3 Å². The quantitative estimate of drug-likeness (QED) is 0.805. The Labute approximate surface area is 125 Å². The molecule has 2 aromatic heterocycles. The molecule has 0 unspecified atom stereocenters. The van der Waals surface area contributed by atoms with E-state index in [1.165, 1.54) is 28.7 Å². The number of amides is 1. The maximum absolute atomic E-state index is 12.8. The number of alkyl halides is 3. The molecule has 5 nitrogen and oxygen atoms in total. The molecular weight excluding hydrogens is 299 g/mol. The summed E-state index contributed by atoms with van der Waals surface area (Å²) in [7, 11) is 1.22. The smallest absolute Gasteiger partial charge is 0.434 e. The number of pyridine rings is 1. The lowest BCUT2D eigenvalue weighted by Crippen LogP contribution is -2.46. The molecule has 2 rings (SSSR count). The van der Waals surface area contributed by atoms with Crippen LogP contribution in [0.1, 0.15) is 26.5 Å². The molecule has 0 fully saturated rings. The number of anilines is 1. The van der Waals surface area contributed by atoms with Crippen molar-refractivity contribution in [2.24, 2.45) is 0 Å². The standard InChI is InChI=1S/C14H16F3N3O2/c1-13(2,3)20(12(21)22-4)9-6-5-7-19-8-10(14(15,16)17)18-11(9)19/h5-8H,1-4H3. The minimum Gasteiger partial charge on any atom is -0.452 e. The Bertz CT molecular complexity index is 701. The predicted molar refractivity (Wildman–Crippen MR) is 74.8 cm³/mol. The van der Waals surface area contributed by atoms with Crippen LogP contribution in [0, 0.1) is 0 Å². The summed E-state index contributed by atoms with van der Waals surface area (Å²) in [6.45, 7) is 5.25. The van der Waals surface area contributed by atoms with Crippen LogP contribution >= 0.6 is 0 Å². The first-order valence-electron chi connectivity index (χ1n) is 6.49. The van der Waals surface area contributed by atoms with E-state index in [2.05, 4.69) is 4.98 Å². The Hall–Kier alpha value is -2.25. The van der Waals surface area contributed by atoms with Gasteiger partial charge in [0.2, 0.25) is 0 Å². The van der Waals surface area contributed by atoms with E-state index in [4.69, 9.17) is 4.74 Å². The molecule has 1 amide bonds. The number of aromatic nitrogens is 2. The van der Waals surface area contributed by atoms with Crippen molar-refractivity contribution in [2.45, 2.75) is 32.5 Å². The zero-order valence-electron chi connectivity index (χ0n) is 12.6. The van der Waals surface area contributed by atoms with Gasteiger partial charge in [0.25, 0.3) is 0 Å². The third-order valence-corrected chi connectivity index (χ3v) is 3.02. The van der Waals surface area contributed by atoms with Crippen LogP contribution in [0.4, 0.5) is 23.7 Å². The van der Waals surface area contributed by atoms with Crippen molar-refractivity contribution in [1.82, 2.24) is 9.38 Å². The first-order chi connectivity index (χ1) is 10.1. The molecular formula is C14H16F3N3O2. The number of carbonyl (C=O) groups is 1. The number of halogens is 3. The van der Waals surface area contributed by atoms with E-state index in [1.54, 1.807) is 26.8 Å². The van der Waals surface area contributed by atoms with Crippen molar-refractivity contribution >= 4 is 17.4 Å². The van der Waals surface area contributed by atoms with E-state index in [-0.39, 0.29) is 11.3 Å². The van der Waals surface area contributed by atoms with Crippen molar-refractivity contribution in [3.63, 3.8) is 0 Å². The van der Waals surface area contributed by atoms with Crippen molar-refractivity contribution in [1.29, 1.82) is 0 Å². The molecule has 0 radical (unpaired) electrons. The van der Waals surface area contributed by atoms with Crippen LogP contribution in [0.5, 0.6) is 0 Å². The van der Waals surface area contributed by atoms with E-state index < -0.39 is 23.5 Å². The molecule has 120 valence electrons. The first-order valence-corrected chi connectivity index (χ1v) is 6.49. The Morgan fingerprint density at radius 1 is 1.32 bits per heavy atom. The molecule has 0 aliphatic rings. The minimum atomic E-state index is -4.55. The number of hydrogen-bond acceptors (Lipinski definition) is 3. The second-order valence-corrected chi connectivity index (χ2v) is 5.72. The van der Waals surface area contributed by atoms with E-state index in [9.17, 15) is 18.0 Å². The summed E-state index contributed by atoms with van der Waals surface area (Å²) in [5.74, 6) is 0. The van der Waals surface area contributed by atoms with Crippen LogP contribution < -0.4 is 4.90 Å². The molecule has 0 atom stereocenters. The molecule has 0 saturated heterocycles. The lowest BCUT2D eigenvalue weighted by atomic mass is 10.1. The highest BCUT2D eigenvalue weighted by molar-refractivity contribution is 5.93. The van der Waals surface area contributed by atoms with E-state index in [0.717, 1.165) is 6.20 Å². The van der Waals surface area contributed by atoms with Crippen LogP contribution in [0.25, 0.3) is 5.65 Å². The van der Waals surface area contributed by atoms with Gasteiger partial charge in [-0.2, -0.15) is 13.2 Å². The van der Waals surface area contributed by atoms with Crippen molar-refractivity contribution in [3.05, 3.63) is 30.2 Å². The Balaban J connectivity index is 2.68. The number of ether oxygens (including phenoxy) is 1. The van der Waals surface area contributed by atoms with Crippen LogP contribution in [-0.2, 0) is 10.9 Å². The second kappa shape index (κ2) is 5.19. The summed E-state index contributed by atoms with van der Waals surface area (Å²) < 4.78 is 44.5. The SMILES string of the molecule is COC(=O)N(c1cccn2cc(C(F)(F)F)nc12)C(C)(C)C. The third-order valence-electron chi connectivity index (χ3n) is 3.02. The molecule has 0 saturated carbocycles. The average Bonchev–Trinajstić information content (AvgIpc) is 2.81. The van der Waals surface area contributed by atoms with Crippen LogP contribution in [0.15, 0.2) is 24.5 Å². The van der Waals surface area contributed by atoms with Crippen molar-refractivity contribution < 1.29 is 22.7 Å². The molecule has 0 aromatic carbocycles. The highest BCUT2D eigenvalue weighted by atomic mass is 19.4. The van der Waals surface area contributed by atoms with E-state index in [0.29, 0.717) is 0 Å². The number of rotatable bonds is 1. The van der Waals surface area contributed by atoms with Gasteiger partial charge in [-0.3, -0.25) is 4.90 Å². The Morgan fingerprint density at radius 3 is 2.45 bits per heavy atom. The number of nitrogens with zero attached hydrogens (tertiary/aromatic N) is 3. The average molecular weight is 315 g/mol. The summed E-state index contributed by atoms with van der Waals surface area (Å²) >= 11 is 0. The molecule has 2 heterocycles. The van der Waals surface area contributed by atoms with Gasteiger partial charge in [-0.1, -0.05) is 0 Å². The number of hydrogen-bond donors (Lipinski definition) is 0. The van der Waals surface area contributed by atoms with Gasteiger partial charge in [-0.05, 0) is 32.9 Å². The fourth-order valence-electron chi connectivity index (χ4n) is 2.13. The molecule has 22 heavy (non-hydrogen) atoms. The molecule has 0 bridgehead atoms. The largest absolute Gasteiger partial charge is 0.452 e. The van der Waals surface area contributed by atoms with Crippen molar-refractivity contribution in [3.8, 4) is 0 Å². The number of fused-ring (bicyclic) bond motifs is 1. The fourth-order valence-corrected chi connectivity index (χ4v) is 2.13. The highest BCUT2D eigenvalue weighted by Gasteiger charge is 2.36. The normalized spacial score (nSPS) is 12.5. The second-order valence-electron chi connectivity index (χ2n) is 5.72. The number of methoxy groups -OCH3 is 1. The van der Waals surface area contributed by atoms with Crippen molar-refractivity contribution in [2.75, 3.05) is 12.0 Å². The van der Waals surface area contributed by atoms with Crippen LogP contribution in [0.3, 0.4) is 0 Å².